The van der Waals surface area contributed by atoms with Gasteiger partial charge in [-0.25, -0.2) is 4.98 Å². The van der Waals surface area contributed by atoms with Crippen molar-refractivity contribution < 1.29 is 4.79 Å². The van der Waals surface area contributed by atoms with E-state index < -0.39 is 0 Å². The fraction of sp³-hybridized carbons (Fsp3) is 0.375. The SMILES string of the molecule is CCCCC(=O)N(CCC)C(C)c1nc2ccccc2c(=O)n1-c1cccc(Cl)c1. The lowest BCUT2D eigenvalue weighted by Gasteiger charge is -2.30. The predicted octanol–water partition coefficient (Wildman–Crippen LogP) is 5.53. The van der Waals surface area contributed by atoms with E-state index in [0.29, 0.717) is 40.4 Å². The number of nitrogens with zero attached hydrogens (tertiary/aromatic N) is 3. The number of unbranched alkanes of at least 4 members (excludes halogenated alkanes) is 1. The average Bonchev–Trinajstić information content (AvgIpc) is 2.75. The van der Waals surface area contributed by atoms with Gasteiger partial charge in [-0.15, -0.1) is 0 Å². The van der Waals surface area contributed by atoms with E-state index in [2.05, 4.69) is 6.92 Å². The number of benzene rings is 2. The van der Waals surface area contributed by atoms with E-state index in [1.54, 1.807) is 22.8 Å². The lowest BCUT2D eigenvalue weighted by Crippen LogP contribution is -2.37. The van der Waals surface area contributed by atoms with Crippen molar-refractivity contribution in [3.8, 4) is 5.69 Å². The van der Waals surface area contributed by atoms with Crippen LogP contribution in [-0.4, -0.2) is 26.9 Å². The standard InChI is InChI=1S/C24H28ClN3O2/c1-4-6-14-22(29)27(15-5-2)17(3)23-26-21-13-8-7-12-20(21)24(30)28(23)19-11-9-10-18(25)16-19/h7-13,16-17H,4-6,14-15H2,1-3H3. The van der Waals surface area contributed by atoms with Crippen LogP contribution in [0.25, 0.3) is 16.6 Å². The van der Waals surface area contributed by atoms with Crippen LogP contribution in [0.5, 0.6) is 0 Å². The van der Waals surface area contributed by atoms with Gasteiger partial charge in [-0.3, -0.25) is 14.2 Å². The molecule has 0 N–H and O–H groups in total. The number of carbonyl (C=O) groups excluding carboxylic acids is 1. The van der Waals surface area contributed by atoms with Gasteiger partial charge in [-0.05, 0) is 50.1 Å². The Morgan fingerprint density at radius 1 is 1.13 bits per heavy atom. The number of hydrogen-bond donors (Lipinski definition) is 0. The summed E-state index contributed by atoms with van der Waals surface area (Å²) in [6.45, 7) is 6.67. The van der Waals surface area contributed by atoms with Crippen LogP contribution in [0.1, 0.15) is 58.3 Å². The normalized spacial score (nSPS) is 12.1. The van der Waals surface area contributed by atoms with Gasteiger partial charge in [0.25, 0.3) is 5.56 Å². The molecule has 0 aliphatic carbocycles. The van der Waals surface area contributed by atoms with E-state index in [1.807, 2.05) is 49.1 Å². The molecule has 158 valence electrons. The minimum atomic E-state index is -0.356. The van der Waals surface area contributed by atoms with Gasteiger partial charge in [0, 0.05) is 18.0 Å². The van der Waals surface area contributed by atoms with E-state index in [1.165, 1.54) is 0 Å². The number of aromatic nitrogens is 2. The van der Waals surface area contributed by atoms with Gasteiger partial charge in [-0.2, -0.15) is 0 Å². The van der Waals surface area contributed by atoms with Crippen LogP contribution in [0.3, 0.4) is 0 Å². The van der Waals surface area contributed by atoms with E-state index >= 15 is 0 Å². The fourth-order valence-corrected chi connectivity index (χ4v) is 3.87. The summed E-state index contributed by atoms with van der Waals surface area (Å²) >= 11 is 6.22. The highest BCUT2D eigenvalue weighted by Gasteiger charge is 2.26. The highest BCUT2D eigenvalue weighted by atomic mass is 35.5. The van der Waals surface area contributed by atoms with Crippen LogP contribution in [0.4, 0.5) is 0 Å². The van der Waals surface area contributed by atoms with Crippen LogP contribution in [0.2, 0.25) is 5.02 Å². The van der Waals surface area contributed by atoms with Crippen molar-refractivity contribution in [3.05, 3.63) is 69.7 Å². The first kappa shape index (κ1) is 22.0. The van der Waals surface area contributed by atoms with Crippen LogP contribution in [0, 0.1) is 0 Å². The predicted molar refractivity (Wildman–Crippen MR) is 122 cm³/mol. The molecule has 5 nitrogen and oxygen atoms in total. The molecule has 0 bridgehead atoms. The minimum Gasteiger partial charge on any atom is -0.333 e. The molecule has 2 aromatic carbocycles. The Morgan fingerprint density at radius 2 is 1.90 bits per heavy atom. The summed E-state index contributed by atoms with van der Waals surface area (Å²) in [5.41, 5.74) is 1.10. The zero-order valence-corrected chi connectivity index (χ0v) is 18.5. The van der Waals surface area contributed by atoms with Gasteiger partial charge < -0.3 is 4.90 Å². The van der Waals surface area contributed by atoms with Crippen LogP contribution >= 0.6 is 11.6 Å². The Morgan fingerprint density at radius 3 is 2.60 bits per heavy atom. The van der Waals surface area contributed by atoms with E-state index in [9.17, 15) is 9.59 Å². The van der Waals surface area contributed by atoms with Gasteiger partial charge in [0.2, 0.25) is 5.91 Å². The summed E-state index contributed by atoms with van der Waals surface area (Å²) in [6, 6.07) is 14.1. The van der Waals surface area contributed by atoms with Gasteiger partial charge in [0.15, 0.2) is 0 Å². The van der Waals surface area contributed by atoms with Crippen molar-refractivity contribution in [3.63, 3.8) is 0 Å². The van der Waals surface area contributed by atoms with Crippen molar-refractivity contribution in [2.24, 2.45) is 0 Å². The molecule has 1 atom stereocenters. The first-order valence-electron chi connectivity index (χ1n) is 10.5. The molecule has 0 aliphatic rings. The first-order valence-corrected chi connectivity index (χ1v) is 10.9. The Balaban J connectivity index is 2.21. The Labute approximate surface area is 182 Å². The topological polar surface area (TPSA) is 55.2 Å². The fourth-order valence-electron chi connectivity index (χ4n) is 3.68. The molecule has 1 aromatic heterocycles. The molecule has 30 heavy (non-hydrogen) atoms. The number of para-hydroxylation sites is 1. The zero-order valence-electron chi connectivity index (χ0n) is 17.8. The molecule has 0 spiro atoms. The molecule has 0 radical (unpaired) electrons. The van der Waals surface area contributed by atoms with Crippen molar-refractivity contribution in [2.75, 3.05) is 6.54 Å². The molecule has 1 heterocycles. The van der Waals surface area contributed by atoms with Crippen molar-refractivity contribution in [1.82, 2.24) is 14.5 Å². The second kappa shape index (κ2) is 9.90. The van der Waals surface area contributed by atoms with E-state index in [0.717, 1.165) is 19.3 Å². The van der Waals surface area contributed by atoms with Gasteiger partial charge in [0.1, 0.15) is 5.82 Å². The lowest BCUT2D eigenvalue weighted by molar-refractivity contribution is -0.133. The molecule has 0 fully saturated rings. The molecule has 3 rings (SSSR count). The van der Waals surface area contributed by atoms with E-state index in [4.69, 9.17) is 16.6 Å². The molecular weight excluding hydrogens is 398 g/mol. The smallest absolute Gasteiger partial charge is 0.266 e. The lowest BCUT2D eigenvalue weighted by atomic mass is 10.1. The molecular formula is C24H28ClN3O2. The van der Waals surface area contributed by atoms with Crippen LogP contribution in [0.15, 0.2) is 53.3 Å². The van der Waals surface area contributed by atoms with Crippen LogP contribution < -0.4 is 5.56 Å². The van der Waals surface area contributed by atoms with Crippen LogP contribution in [-0.2, 0) is 4.79 Å². The third-order valence-electron chi connectivity index (χ3n) is 5.24. The van der Waals surface area contributed by atoms with Gasteiger partial charge in [0.05, 0.1) is 22.6 Å². The number of rotatable bonds is 8. The Kier molecular flexibility index (Phi) is 7.27. The van der Waals surface area contributed by atoms with Crippen molar-refractivity contribution in [2.45, 2.75) is 52.5 Å². The highest BCUT2D eigenvalue weighted by molar-refractivity contribution is 6.30. The summed E-state index contributed by atoms with van der Waals surface area (Å²) in [5, 5.41) is 1.07. The number of halogens is 1. The van der Waals surface area contributed by atoms with Crippen molar-refractivity contribution >= 4 is 28.4 Å². The monoisotopic (exact) mass is 425 g/mol. The van der Waals surface area contributed by atoms with E-state index in [-0.39, 0.29) is 17.5 Å². The molecule has 3 aromatic rings. The molecule has 0 saturated heterocycles. The summed E-state index contributed by atoms with van der Waals surface area (Å²) in [7, 11) is 0. The van der Waals surface area contributed by atoms with Gasteiger partial charge >= 0.3 is 0 Å². The molecule has 0 aliphatic heterocycles. The average molecular weight is 426 g/mol. The maximum Gasteiger partial charge on any atom is 0.266 e. The van der Waals surface area contributed by atoms with Crippen molar-refractivity contribution in [1.29, 1.82) is 0 Å². The maximum atomic E-state index is 13.5. The zero-order chi connectivity index (χ0) is 21.7. The minimum absolute atomic E-state index is 0.0891. The second-order valence-corrected chi connectivity index (χ2v) is 7.91. The number of fused-ring (bicyclic) bond motifs is 1. The number of carbonyl (C=O) groups is 1. The molecule has 0 saturated carbocycles. The summed E-state index contributed by atoms with van der Waals surface area (Å²) in [6.07, 6.45) is 3.13. The van der Waals surface area contributed by atoms with Gasteiger partial charge in [-0.1, -0.05) is 50.1 Å². The Bertz CT molecular complexity index is 1090. The number of amides is 1. The highest BCUT2D eigenvalue weighted by Crippen LogP contribution is 2.25. The number of hydrogen-bond acceptors (Lipinski definition) is 3. The third-order valence-corrected chi connectivity index (χ3v) is 5.47. The maximum absolute atomic E-state index is 13.5. The summed E-state index contributed by atoms with van der Waals surface area (Å²) < 4.78 is 1.59. The molecule has 6 heteroatoms. The first-order chi connectivity index (χ1) is 14.5. The summed E-state index contributed by atoms with van der Waals surface area (Å²) in [4.78, 5) is 33.1. The Hall–Kier alpha value is -2.66. The second-order valence-electron chi connectivity index (χ2n) is 7.47. The largest absolute Gasteiger partial charge is 0.333 e. The quantitative estimate of drug-likeness (QED) is 0.476. The third kappa shape index (κ3) is 4.57. The summed E-state index contributed by atoms with van der Waals surface area (Å²) in [5.74, 6) is 0.630. The molecule has 1 amide bonds. The molecule has 1 unspecified atom stereocenters.